The Kier molecular flexibility index (Phi) is 5.68. The lowest BCUT2D eigenvalue weighted by atomic mass is 10.2. The zero-order valence-electron chi connectivity index (χ0n) is 17.1. The molecule has 0 bridgehead atoms. The van der Waals surface area contributed by atoms with Gasteiger partial charge in [-0.25, -0.2) is 4.39 Å². The maximum absolute atomic E-state index is 13.1. The summed E-state index contributed by atoms with van der Waals surface area (Å²) < 4.78 is 15.3. The van der Waals surface area contributed by atoms with Crippen LogP contribution in [0.15, 0.2) is 59.8 Å². The van der Waals surface area contributed by atoms with Crippen LogP contribution in [0, 0.1) is 5.82 Å². The lowest BCUT2D eigenvalue weighted by Crippen LogP contribution is -2.08. The van der Waals surface area contributed by atoms with Gasteiger partial charge in [-0.3, -0.25) is 0 Å². The van der Waals surface area contributed by atoms with E-state index in [0.29, 0.717) is 29.1 Å². The molecule has 0 aliphatic heterocycles. The quantitative estimate of drug-likeness (QED) is 0.387. The molecule has 1 aliphatic carbocycles. The van der Waals surface area contributed by atoms with Crippen LogP contribution in [-0.4, -0.2) is 29.7 Å². The number of hydrogen-bond donors (Lipinski definition) is 2. The van der Waals surface area contributed by atoms with E-state index in [1.165, 1.54) is 29.5 Å². The minimum atomic E-state index is -0.312. The van der Waals surface area contributed by atoms with E-state index in [-0.39, 0.29) is 11.8 Å². The number of thioether (sulfide) groups is 1. The second-order valence-electron chi connectivity index (χ2n) is 7.54. The van der Waals surface area contributed by atoms with Crippen molar-refractivity contribution in [1.82, 2.24) is 29.7 Å². The second kappa shape index (κ2) is 8.91. The first-order chi connectivity index (χ1) is 15.6. The van der Waals surface area contributed by atoms with Gasteiger partial charge in [0, 0.05) is 11.6 Å². The van der Waals surface area contributed by atoms with Crippen LogP contribution < -0.4 is 11.1 Å². The molecule has 10 heteroatoms. The summed E-state index contributed by atoms with van der Waals surface area (Å²) in [5.41, 5.74) is 7.75. The SMILES string of the molecule is Nc1nc(CSc2nnc(C3CC3)n2Cc2ccccc2)nc(Nc2ccc(F)cc2)n1. The Labute approximate surface area is 188 Å². The third-order valence-electron chi connectivity index (χ3n) is 5.00. The molecule has 0 atom stereocenters. The predicted molar refractivity (Wildman–Crippen MR) is 121 cm³/mol. The van der Waals surface area contributed by atoms with E-state index in [2.05, 4.69) is 47.2 Å². The van der Waals surface area contributed by atoms with Gasteiger partial charge >= 0.3 is 0 Å². The van der Waals surface area contributed by atoms with Gasteiger partial charge in [-0.05, 0) is 42.7 Å². The van der Waals surface area contributed by atoms with Gasteiger partial charge in [-0.2, -0.15) is 15.0 Å². The van der Waals surface area contributed by atoms with Crippen molar-refractivity contribution in [2.75, 3.05) is 11.1 Å². The van der Waals surface area contributed by atoms with Crippen molar-refractivity contribution in [2.45, 2.75) is 36.2 Å². The average molecular weight is 449 g/mol. The second-order valence-corrected chi connectivity index (χ2v) is 8.48. The average Bonchev–Trinajstić information content (AvgIpc) is 3.56. The smallest absolute Gasteiger partial charge is 0.232 e. The van der Waals surface area contributed by atoms with E-state index in [4.69, 9.17) is 5.73 Å². The lowest BCUT2D eigenvalue weighted by molar-refractivity contribution is 0.628. The molecular weight excluding hydrogens is 427 g/mol. The molecule has 0 amide bonds. The monoisotopic (exact) mass is 448 g/mol. The molecule has 2 aromatic carbocycles. The molecule has 1 fully saturated rings. The van der Waals surface area contributed by atoms with Crippen molar-refractivity contribution in [3.63, 3.8) is 0 Å². The summed E-state index contributed by atoms with van der Waals surface area (Å²) >= 11 is 1.51. The molecular formula is C22H21FN8S. The van der Waals surface area contributed by atoms with Crippen LogP contribution in [-0.2, 0) is 12.3 Å². The number of nitrogen functional groups attached to an aromatic ring is 1. The van der Waals surface area contributed by atoms with Crippen LogP contribution in [0.4, 0.5) is 22.0 Å². The molecule has 1 saturated carbocycles. The first-order valence-corrected chi connectivity index (χ1v) is 11.3. The van der Waals surface area contributed by atoms with E-state index in [1.807, 2.05) is 18.2 Å². The van der Waals surface area contributed by atoms with E-state index in [0.717, 1.165) is 30.4 Å². The molecule has 32 heavy (non-hydrogen) atoms. The topological polar surface area (TPSA) is 107 Å². The molecule has 2 heterocycles. The zero-order valence-corrected chi connectivity index (χ0v) is 18.0. The maximum atomic E-state index is 13.1. The highest BCUT2D eigenvalue weighted by molar-refractivity contribution is 7.98. The number of nitrogens with two attached hydrogens (primary N) is 1. The molecule has 2 aromatic heterocycles. The maximum Gasteiger partial charge on any atom is 0.232 e. The number of benzene rings is 2. The van der Waals surface area contributed by atoms with Crippen LogP contribution in [0.2, 0.25) is 0 Å². The van der Waals surface area contributed by atoms with Crippen molar-refractivity contribution < 1.29 is 4.39 Å². The van der Waals surface area contributed by atoms with Gasteiger partial charge in [0.2, 0.25) is 11.9 Å². The molecule has 0 spiro atoms. The van der Waals surface area contributed by atoms with Crippen molar-refractivity contribution in [2.24, 2.45) is 0 Å². The molecule has 3 N–H and O–H groups in total. The van der Waals surface area contributed by atoms with Crippen molar-refractivity contribution in [3.8, 4) is 0 Å². The largest absolute Gasteiger partial charge is 0.368 e. The van der Waals surface area contributed by atoms with Gasteiger partial charge < -0.3 is 15.6 Å². The van der Waals surface area contributed by atoms with Crippen molar-refractivity contribution in [3.05, 3.63) is 77.6 Å². The van der Waals surface area contributed by atoms with Crippen LogP contribution in [0.1, 0.15) is 36.0 Å². The van der Waals surface area contributed by atoms with E-state index in [9.17, 15) is 4.39 Å². The Morgan fingerprint density at radius 2 is 1.78 bits per heavy atom. The Morgan fingerprint density at radius 3 is 2.53 bits per heavy atom. The van der Waals surface area contributed by atoms with Crippen LogP contribution >= 0.6 is 11.8 Å². The highest BCUT2D eigenvalue weighted by Gasteiger charge is 2.30. The zero-order chi connectivity index (χ0) is 21.9. The molecule has 8 nitrogen and oxygen atoms in total. The lowest BCUT2D eigenvalue weighted by Gasteiger charge is -2.10. The molecule has 1 aliphatic rings. The summed E-state index contributed by atoms with van der Waals surface area (Å²) in [7, 11) is 0. The van der Waals surface area contributed by atoms with E-state index >= 15 is 0 Å². The van der Waals surface area contributed by atoms with Crippen LogP contribution in [0.3, 0.4) is 0 Å². The molecule has 5 rings (SSSR count). The number of rotatable bonds is 8. The minimum Gasteiger partial charge on any atom is -0.368 e. The number of anilines is 3. The number of halogens is 1. The van der Waals surface area contributed by atoms with Crippen LogP contribution in [0.25, 0.3) is 0 Å². The Balaban J connectivity index is 1.33. The first kappa shape index (κ1) is 20.4. The summed E-state index contributed by atoms with van der Waals surface area (Å²) in [6.07, 6.45) is 2.31. The van der Waals surface area contributed by atoms with Gasteiger partial charge in [0.25, 0.3) is 0 Å². The van der Waals surface area contributed by atoms with Gasteiger partial charge in [0.15, 0.2) is 5.16 Å². The highest BCUT2D eigenvalue weighted by Crippen LogP contribution is 2.40. The van der Waals surface area contributed by atoms with Gasteiger partial charge in [-0.1, -0.05) is 42.1 Å². The summed E-state index contributed by atoms with van der Waals surface area (Å²) in [4.78, 5) is 12.8. The number of nitrogens with one attached hydrogen (secondary N) is 1. The fraction of sp³-hybridized carbons (Fsp3) is 0.227. The molecule has 4 aromatic rings. The Hall–Kier alpha value is -3.53. The first-order valence-electron chi connectivity index (χ1n) is 10.3. The summed E-state index contributed by atoms with van der Waals surface area (Å²) in [5.74, 6) is 2.61. The number of aromatic nitrogens is 6. The third kappa shape index (κ3) is 4.86. The van der Waals surface area contributed by atoms with Crippen LogP contribution in [0.5, 0.6) is 0 Å². The highest BCUT2D eigenvalue weighted by atomic mass is 32.2. The van der Waals surface area contributed by atoms with E-state index < -0.39 is 0 Å². The van der Waals surface area contributed by atoms with Crippen molar-refractivity contribution in [1.29, 1.82) is 0 Å². The summed E-state index contributed by atoms with van der Waals surface area (Å²) in [6.45, 7) is 0.721. The Morgan fingerprint density at radius 1 is 1.00 bits per heavy atom. The molecule has 162 valence electrons. The third-order valence-corrected chi connectivity index (χ3v) is 5.96. The fourth-order valence-electron chi connectivity index (χ4n) is 3.31. The van der Waals surface area contributed by atoms with Gasteiger partial charge in [-0.15, -0.1) is 10.2 Å². The predicted octanol–water partition coefficient (Wildman–Crippen LogP) is 4.15. The minimum absolute atomic E-state index is 0.115. The standard InChI is InChI=1S/C22H21FN8S/c23-16-8-10-17(11-9-16)25-21-27-18(26-20(24)28-21)13-32-22-30-29-19(15-6-7-15)31(22)12-14-4-2-1-3-5-14/h1-5,8-11,15H,6-7,12-13H2,(H3,24,25,26,27,28). The summed E-state index contributed by atoms with van der Waals surface area (Å²) in [6, 6.07) is 16.2. The Bertz CT molecular complexity index is 1210. The molecule has 0 radical (unpaired) electrons. The normalized spacial score (nSPS) is 13.3. The van der Waals surface area contributed by atoms with Crippen molar-refractivity contribution >= 4 is 29.3 Å². The molecule has 0 unspecified atom stereocenters. The van der Waals surface area contributed by atoms with Gasteiger partial charge in [0.1, 0.15) is 17.5 Å². The summed E-state index contributed by atoms with van der Waals surface area (Å²) in [5, 5.41) is 12.7. The number of hydrogen-bond acceptors (Lipinski definition) is 8. The number of nitrogens with zero attached hydrogens (tertiary/aromatic N) is 6. The van der Waals surface area contributed by atoms with Gasteiger partial charge in [0.05, 0.1) is 12.3 Å². The van der Waals surface area contributed by atoms with E-state index in [1.54, 1.807) is 12.1 Å². The molecule has 0 saturated heterocycles. The fourth-order valence-corrected chi connectivity index (χ4v) is 4.11.